The van der Waals surface area contributed by atoms with Crippen molar-refractivity contribution in [3.05, 3.63) is 51.7 Å². The maximum atomic E-state index is 12.6. The molecule has 23 heavy (non-hydrogen) atoms. The number of aromatic hydroxyl groups is 3. The smallest absolute Gasteiger partial charge is 0.204 e. The third-order valence-corrected chi connectivity index (χ3v) is 3.70. The van der Waals surface area contributed by atoms with Crippen LogP contribution in [-0.2, 0) is 6.42 Å². The van der Waals surface area contributed by atoms with Crippen LogP contribution in [0.5, 0.6) is 17.2 Å². The second kappa shape index (κ2) is 5.35. The lowest BCUT2D eigenvalue weighted by molar-refractivity contribution is 0.448. The standard InChI is InChI=1S/C18H16O5/c1-9(2)3-5-11-13(20)8-14(21)16-17(22)12-7-10(19)4-6-15(12)23-18(11)16/h3-4,6-8,19-21H,5H2,1-2H3. The lowest BCUT2D eigenvalue weighted by atomic mass is 10.0. The average molecular weight is 312 g/mol. The van der Waals surface area contributed by atoms with Crippen LogP contribution in [0, 0.1) is 0 Å². The van der Waals surface area contributed by atoms with E-state index >= 15 is 0 Å². The monoisotopic (exact) mass is 312 g/mol. The van der Waals surface area contributed by atoms with Gasteiger partial charge in [-0.25, -0.2) is 0 Å². The quantitative estimate of drug-likeness (QED) is 0.497. The van der Waals surface area contributed by atoms with Crippen molar-refractivity contribution in [1.29, 1.82) is 0 Å². The molecule has 3 N–H and O–H groups in total. The molecule has 5 nitrogen and oxygen atoms in total. The highest BCUT2D eigenvalue weighted by atomic mass is 16.3. The second-order valence-electron chi connectivity index (χ2n) is 5.69. The Hall–Kier alpha value is -2.95. The van der Waals surface area contributed by atoms with Gasteiger partial charge in [-0.3, -0.25) is 4.79 Å². The largest absolute Gasteiger partial charge is 0.508 e. The first-order valence-corrected chi connectivity index (χ1v) is 7.15. The predicted octanol–water partition coefficient (Wildman–Crippen LogP) is 3.57. The van der Waals surface area contributed by atoms with E-state index < -0.39 is 5.43 Å². The maximum Gasteiger partial charge on any atom is 0.204 e. The summed E-state index contributed by atoms with van der Waals surface area (Å²) in [6.45, 7) is 3.85. The Morgan fingerprint density at radius 1 is 1.13 bits per heavy atom. The van der Waals surface area contributed by atoms with Crippen LogP contribution in [0.2, 0.25) is 0 Å². The molecule has 0 atom stereocenters. The predicted molar refractivity (Wildman–Crippen MR) is 88.1 cm³/mol. The van der Waals surface area contributed by atoms with Crippen LogP contribution in [0.25, 0.3) is 21.9 Å². The van der Waals surface area contributed by atoms with Gasteiger partial charge in [0.25, 0.3) is 0 Å². The van der Waals surface area contributed by atoms with Crippen LogP contribution in [0.4, 0.5) is 0 Å². The normalized spacial score (nSPS) is 11.0. The summed E-state index contributed by atoms with van der Waals surface area (Å²) >= 11 is 0. The van der Waals surface area contributed by atoms with Crippen molar-refractivity contribution in [3.63, 3.8) is 0 Å². The summed E-state index contributed by atoms with van der Waals surface area (Å²) in [5.74, 6) is -0.543. The van der Waals surface area contributed by atoms with Crippen molar-refractivity contribution in [2.75, 3.05) is 0 Å². The number of hydrogen-bond acceptors (Lipinski definition) is 5. The fourth-order valence-electron chi connectivity index (χ4n) is 2.54. The van der Waals surface area contributed by atoms with E-state index in [1.807, 2.05) is 19.9 Å². The van der Waals surface area contributed by atoms with Crippen LogP contribution in [0.1, 0.15) is 19.4 Å². The summed E-state index contributed by atoms with van der Waals surface area (Å²) in [5, 5.41) is 29.9. The zero-order chi connectivity index (χ0) is 16.7. The van der Waals surface area contributed by atoms with Crippen LogP contribution < -0.4 is 5.43 Å². The molecular formula is C18H16O5. The van der Waals surface area contributed by atoms with Crippen LogP contribution in [0.15, 0.2) is 45.1 Å². The Bertz CT molecular complexity index is 1010. The molecule has 2 aromatic carbocycles. The minimum Gasteiger partial charge on any atom is -0.508 e. The maximum absolute atomic E-state index is 12.6. The molecule has 1 aromatic heterocycles. The number of benzene rings is 2. The highest BCUT2D eigenvalue weighted by Crippen LogP contribution is 2.35. The van der Waals surface area contributed by atoms with E-state index in [9.17, 15) is 20.1 Å². The van der Waals surface area contributed by atoms with E-state index in [1.54, 1.807) is 0 Å². The first kappa shape index (κ1) is 15.0. The van der Waals surface area contributed by atoms with Gasteiger partial charge in [0, 0.05) is 11.6 Å². The number of phenols is 3. The molecule has 0 bridgehead atoms. The fourth-order valence-corrected chi connectivity index (χ4v) is 2.54. The molecule has 0 amide bonds. The van der Waals surface area contributed by atoms with E-state index in [4.69, 9.17) is 4.42 Å². The summed E-state index contributed by atoms with van der Waals surface area (Å²) in [6, 6.07) is 5.33. The summed E-state index contributed by atoms with van der Waals surface area (Å²) < 4.78 is 5.75. The van der Waals surface area contributed by atoms with Gasteiger partial charge in [-0.15, -0.1) is 0 Å². The molecule has 0 saturated heterocycles. The Balaban J connectivity index is 2.46. The van der Waals surface area contributed by atoms with E-state index in [-0.39, 0.29) is 39.2 Å². The topological polar surface area (TPSA) is 90.9 Å². The molecule has 0 radical (unpaired) electrons. The number of hydrogen-bond donors (Lipinski definition) is 3. The van der Waals surface area contributed by atoms with E-state index in [0.29, 0.717) is 12.0 Å². The number of phenolic OH excluding ortho intramolecular Hbond substituents is 3. The van der Waals surface area contributed by atoms with Crippen molar-refractivity contribution < 1.29 is 19.7 Å². The van der Waals surface area contributed by atoms with Crippen molar-refractivity contribution in [2.24, 2.45) is 0 Å². The molecule has 0 spiro atoms. The van der Waals surface area contributed by atoms with Gasteiger partial charge in [0.05, 0.1) is 5.39 Å². The molecule has 0 aliphatic heterocycles. The van der Waals surface area contributed by atoms with Crippen molar-refractivity contribution in [3.8, 4) is 17.2 Å². The SMILES string of the molecule is CC(C)=CCc1c(O)cc(O)c2c(=O)c3cc(O)ccc3oc12. The lowest BCUT2D eigenvalue weighted by Gasteiger charge is -2.10. The second-order valence-corrected chi connectivity index (χ2v) is 5.69. The van der Waals surface area contributed by atoms with Crippen molar-refractivity contribution >= 4 is 21.9 Å². The lowest BCUT2D eigenvalue weighted by Crippen LogP contribution is -2.04. The number of rotatable bonds is 2. The molecule has 0 saturated carbocycles. The Morgan fingerprint density at radius 2 is 1.87 bits per heavy atom. The Morgan fingerprint density at radius 3 is 2.57 bits per heavy atom. The summed E-state index contributed by atoms with van der Waals surface area (Å²) in [7, 11) is 0. The first-order chi connectivity index (χ1) is 10.9. The minimum absolute atomic E-state index is 0.00180. The third-order valence-electron chi connectivity index (χ3n) is 3.70. The van der Waals surface area contributed by atoms with Gasteiger partial charge in [0.15, 0.2) is 0 Å². The van der Waals surface area contributed by atoms with Gasteiger partial charge < -0.3 is 19.7 Å². The molecule has 0 aliphatic carbocycles. The number of fused-ring (bicyclic) bond motifs is 2. The molecular weight excluding hydrogens is 296 g/mol. The molecule has 1 heterocycles. The molecule has 0 unspecified atom stereocenters. The van der Waals surface area contributed by atoms with Gasteiger partial charge >= 0.3 is 0 Å². The van der Waals surface area contributed by atoms with Crippen LogP contribution >= 0.6 is 0 Å². The Labute approximate surface area is 131 Å². The van der Waals surface area contributed by atoms with Gasteiger partial charge in [-0.1, -0.05) is 11.6 Å². The molecule has 3 rings (SSSR count). The zero-order valence-electron chi connectivity index (χ0n) is 12.8. The van der Waals surface area contributed by atoms with Gasteiger partial charge in [0.2, 0.25) is 5.43 Å². The summed E-state index contributed by atoms with van der Waals surface area (Å²) in [6.07, 6.45) is 2.27. The summed E-state index contributed by atoms with van der Waals surface area (Å²) in [5.41, 5.74) is 1.48. The average Bonchev–Trinajstić information content (AvgIpc) is 2.47. The Kier molecular flexibility index (Phi) is 3.48. The molecule has 118 valence electrons. The molecule has 0 fully saturated rings. The number of allylic oxidation sites excluding steroid dienone is 2. The molecule has 3 aromatic rings. The van der Waals surface area contributed by atoms with Crippen molar-refractivity contribution in [1.82, 2.24) is 0 Å². The van der Waals surface area contributed by atoms with E-state index in [2.05, 4.69) is 0 Å². The molecule has 5 heteroatoms. The van der Waals surface area contributed by atoms with Gasteiger partial charge in [-0.05, 0) is 38.5 Å². The molecule has 0 aliphatic rings. The summed E-state index contributed by atoms with van der Waals surface area (Å²) in [4.78, 5) is 12.6. The minimum atomic E-state index is -0.451. The van der Waals surface area contributed by atoms with Gasteiger partial charge in [0.1, 0.15) is 33.8 Å². The fraction of sp³-hybridized carbons (Fsp3) is 0.167. The third kappa shape index (κ3) is 2.50. The van der Waals surface area contributed by atoms with Gasteiger partial charge in [-0.2, -0.15) is 0 Å². The first-order valence-electron chi connectivity index (χ1n) is 7.15. The highest BCUT2D eigenvalue weighted by Gasteiger charge is 2.18. The van der Waals surface area contributed by atoms with Crippen LogP contribution in [0.3, 0.4) is 0 Å². The highest BCUT2D eigenvalue weighted by molar-refractivity contribution is 5.96. The van der Waals surface area contributed by atoms with E-state index in [1.165, 1.54) is 18.2 Å². The van der Waals surface area contributed by atoms with Crippen LogP contribution in [-0.4, -0.2) is 15.3 Å². The van der Waals surface area contributed by atoms with E-state index in [0.717, 1.165) is 11.6 Å². The zero-order valence-corrected chi connectivity index (χ0v) is 12.8. The van der Waals surface area contributed by atoms with Crippen molar-refractivity contribution in [2.45, 2.75) is 20.3 Å².